The van der Waals surface area contributed by atoms with Crippen LogP contribution in [0.2, 0.25) is 0 Å². The number of non-ortho nitro benzene ring substituents is 1. The smallest absolute Gasteiger partial charge is 0.269 e. The highest BCUT2D eigenvalue weighted by Crippen LogP contribution is 2.16. The second kappa shape index (κ2) is 9.36. The summed E-state index contributed by atoms with van der Waals surface area (Å²) in [4.78, 5) is 27.1. The van der Waals surface area contributed by atoms with Gasteiger partial charge in [0, 0.05) is 62.7 Å². The van der Waals surface area contributed by atoms with Crippen LogP contribution in [0, 0.1) is 10.1 Å². The van der Waals surface area contributed by atoms with E-state index in [-0.39, 0.29) is 16.5 Å². The van der Waals surface area contributed by atoms with E-state index in [1.807, 2.05) is 47.5 Å². The maximum absolute atomic E-state index is 12.6. The molecule has 0 spiro atoms. The van der Waals surface area contributed by atoms with Crippen molar-refractivity contribution in [3.05, 3.63) is 94.3 Å². The number of amides is 1. The Hall–Kier alpha value is -3.78. The molecule has 8 heteroatoms. The fourth-order valence-electron chi connectivity index (χ4n) is 3.57. The zero-order valence-corrected chi connectivity index (χ0v) is 17.0. The molecule has 158 valence electrons. The molecule has 1 aliphatic rings. The number of nitrogens with zero attached hydrogens (tertiary/aromatic N) is 5. The number of carbonyl (C=O) groups is 1. The van der Waals surface area contributed by atoms with Crippen LogP contribution in [-0.2, 0) is 11.3 Å². The highest BCUT2D eigenvalue weighted by molar-refractivity contribution is 5.91. The van der Waals surface area contributed by atoms with Crippen LogP contribution in [0.3, 0.4) is 0 Å². The minimum atomic E-state index is -0.379. The largest absolute Gasteiger partial charge is 0.337 e. The highest BCUT2D eigenvalue weighted by atomic mass is 16.6. The van der Waals surface area contributed by atoms with Crippen molar-refractivity contribution in [3.8, 4) is 5.69 Å². The van der Waals surface area contributed by atoms with Gasteiger partial charge >= 0.3 is 0 Å². The van der Waals surface area contributed by atoms with Gasteiger partial charge in [-0.25, -0.2) is 4.68 Å². The van der Waals surface area contributed by atoms with E-state index in [1.165, 1.54) is 6.07 Å². The van der Waals surface area contributed by atoms with Gasteiger partial charge in [0.05, 0.1) is 16.8 Å². The van der Waals surface area contributed by atoms with Gasteiger partial charge in [0.15, 0.2) is 0 Å². The summed E-state index contributed by atoms with van der Waals surface area (Å²) >= 11 is 0. The molecule has 0 bridgehead atoms. The second-order valence-corrected chi connectivity index (χ2v) is 7.42. The fourth-order valence-corrected chi connectivity index (χ4v) is 3.57. The minimum absolute atomic E-state index is 0.0255. The monoisotopic (exact) mass is 417 g/mol. The minimum Gasteiger partial charge on any atom is -0.337 e. The Morgan fingerprint density at radius 1 is 1.06 bits per heavy atom. The molecule has 31 heavy (non-hydrogen) atoms. The van der Waals surface area contributed by atoms with Crippen LogP contribution in [0.4, 0.5) is 5.69 Å². The molecule has 1 amide bonds. The van der Waals surface area contributed by atoms with Gasteiger partial charge in [0.1, 0.15) is 0 Å². The molecule has 3 aromatic rings. The SMILES string of the molecule is O=C(/C=C/c1cnn(-c2ccccc2)c1)N1CCN(Cc2cccc([N+](=O)[O-])c2)CC1. The van der Waals surface area contributed by atoms with Gasteiger partial charge in [-0.1, -0.05) is 30.3 Å². The van der Waals surface area contributed by atoms with Crippen LogP contribution < -0.4 is 0 Å². The van der Waals surface area contributed by atoms with Gasteiger partial charge in [-0.05, 0) is 23.8 Å². The predicted octanol–water partition coefficient (Wildman–Crippen LogP) is 3.14. The van der Waals surface area contributed by atoms with E-state index in [0.717, 1.165) is 29.9 Å². The molecule has 4 rings (SSSR count). The van der Waals surface area contributed by atoms with E-state index in [1.54, 1.807) is 35.2 Å². The van der Waals surface area contributed by atoms with Crippen LogP contribution >= 0.6 is 0 Å². The highest BCUT2D eigenvalue weighted by Gasteiger charge is 2.20. The normalized spacial score (nSPS) is 14.8. The van der Waals surface area contributed by atoms with Gasteiger partial charge in [-0.2, -0.15) is 5.10 Å². The molecule has 0 unspecified atom stereocenters. The quantitative estimate of drug-likeness (QED) is 0.349. The van der Waals surface area contributed by atoms with Crippen LogP contribution in [0.25, 0.3) is 11.8 Å². The van der Waals surface area contributed by atoms with Gasteiger partial charge in [-0.3, -0.25) is 19.8 Å². The van der Waals surface area contributed by atoms with Crippen LogP contribution in [-0.4, -0.2) is 56.6 Å². The number of hydrogen-bond donors (Lipinski definition) is 0. The molecule has 0 radical (unpaired) electrons. The first kappa shape index (κ1) is 20.5. The number of nitro groups is 1. The molecular formula is C23H23N5O3. The van der Waals surface area contributed by atoms with E-state index in [0.29, 0.717) is 19.6 Å². The summed E-state index contributed by atoms with van der Waals surface area (Å²) in [6, 6.07) is 16.5. The average molecular weight is 417 g/mol. The van der Waals surface area contributed by atoms with Crippen molar-refractivity contribution in [2.24, 2.45) is 0 Å². The van der Waals surface area contributed by atoms with Crippen molar-refractivity contribution in [1.29, 1.82) is 0 Å². The number of para-hydroxylation sites is 1. The van der Waals surface area contributed by atoms with E-state index >= 15 is 0 Å². The Morgan fingerprint density at radius 2 is 1.84 bits per heavy atom. The number of aromatic nitrogens is 2. The molecular weight excluding hydrogens is 394 g/mol. The molecule has 1 fully saturated rings. The number of nitro benzene ring substituents is 1. The Labute approximate surface area is 180 Å². The maximum atomic E-state index is 12.6. The number of carbonyl (C=O) groups excluding carboxylic acids is 1. The lowest BCUT2D eigenvalue weighted by molar-refractivity contribution is -0.384. The lowest BCUT2D eigenvalue weighted by Crippen LogP contribution is -2.47. The summed E-state index contributed by atoms with van der Waals surface area (Å²) in [5, 5.41) is 15.3. The molecule has 0 N–H and O–H groups in total. The van der Waals surface area contributed by atoms with Gasteiger partial charge in [0.2, 0.25) is 5.91 Å². The lowest BCUT2D eigenvalue weighted by Gasteiger charge is -2.34. The molecule has 2 aromatic carbocycles. The van der Waals surface area contributed by atoms with E-state index in [2.05, 4.69) is 10.00 Å². The summed E-state index contributed by atoms with van der Waals surface area (Å²) < 4.78 is 1.77. The third kappa shape index (κ3) is 5.23. The molecule has 1 aliphatic heterocycles. The van der Waals surface area contributed by atoms with Gasteiger partial charge in [0.25, 0.3) is 5.69 Å². The summed E-state index contributed by atoms with van der Waals surface area (Å²) in [6.07, 6.45) is 6.98. The first-order valence-electron chi connectivity index (χ1n) is 10.1. The van der Waals surface area contributed by atoms with Crippen molar-refractivity contribution in [2.75, 3.05) is 26.2 Å². The fraction of sp³-hybridized carbons (Fsp3) is 0.217. The Morgan fingerprint density at radius 3 is 2.58 bits per heavy atom. The third-order valence-corrected chi connectivity index (χ3v) is 5.25. The standard InChI is InChI=1S/C23H23N5O3/c29-23(10-9-20-16-24-27(18-20)21-6-2-1-3-7-21)26-13-11-25(12-14-26)17-19-5-4-8-22(15-19)28(30)31/h1-10,15-16,18H,11-14,17H2/b10-9+. The number of benzene rings is 2. The molecule has 1 aromatic heterocycles. The first-order chi connectivity index (χ1) is 15.1. The van der Waals surface area contributed by atoms with Crippen molar-refractivity contribution >= 4 is 17.7 Å². The summed E-state index contributed by atoms with van der Waals surface area (Å²) in [5.74, 6) is -0.0255. The van der Waals surface area contributed by atoms with E-state index in [4.69, 9.17) is 0 Å². The molecule has 2 heterocycles. The molecule has 8 nitrogen and oxygen atoms in total. The Kier molecular flexibility index (Phi) is 6.18. The van der Waals surface area contributed by atoms with Crippen LogP contribution in [0.5, 0.6) is 0 Å². The van der Waals surface area contributed by atoms with E-state index in [9.17, 15) is 14.9 Å². The maximum Gasteiger partial charge on any atom is 0.269 e. The Bertz CT molecular complexity index is 1090. The van der Waals surface area contributed by atoms with Crippen LogP contribution in [0.15, 0.2) is 73.1 Å². The zero-order valence-electron chi connectivity index (χ0n) is 17.0. The summed E-state index contributed by atoms with van der Waals surface area (Å²) in [7, 11) is 0. The van der Waals surface area contributed by atoms with Crippen LogP contribution in [0.1, 0.15) is 11.1 Å². The topological polar surface area (TPSA) is 84.5 Å². The van der Waals surface area contributed by atoms with Gasteiger partial charge < -0.3 is 4.90 Å². The predicted molar refractivity (Wildman–Crippen MR) is 118 cm³/mol. The van der Waals surface area contributed by atoms with Gasteiger partial charge in [-0.15, -0.1) is 0 Å². The van der Waals surface area contributed by atoms with Crippen molar-refractivity contribution < 1.29 is 9.72 Å². The summed E-state index contributed by atoms with van der Waals surface area (Å²) in [6.45, 7) is 3.35. The number of piperazine rings is 1. The van der Waals surface area contributed by atoms with Crippen molar-refractivity contribution in [1.82, 2.24) is 19.6 Å². The molecule has 0 aliphatic carbocycles. The zero-order chi connectivity index (χ0) is 21.6. The molecule has 0 atom stereocenters. The lowest BCUT2D eigenvalue weighted by atomic mass is 10.1. The van der Waals surface area contributed by atoms with Crippen molar-refractivity contribution in [3.63, 3.8) is 0 Å². The summed E-state index contributed by atoms with van der Waals surface area (Å²) in [5.41, 5.74) is 2.84. The Balaban J connectivity index is 1.29. The van der Waals surface area contributed by atoms with Crippen molar-refractivity contribution in [2.45, 2.75) is 6.54 Å². The number of rotatable bonds is 6. The van der Waals surface area contributed by atoms with E-state index < -0.39 is 0 Å². The first-order valence-corrected chi connectivity index (χ1v) is 10.1. The average Bonchev–Trinajstić information content (AvgIpc) is 3.28. The second-order valence-electron chi connectivity index (χ2n) is 7.42. The molecule has 0 saturated carbocycles. The number of hydrogen-bond acceptors (Lipinski definition) is 5. The third-order valence-electron chi connectivity index (χ3n) is 5.25. The molecule has 1 saturated heterocycles.